The Morgan fingerprint density at radius 1 is 1.50 bits per heavy atom. The topological polar surface area (TPSA) is 77.2 Å². The highest BCUT2D eigenvalue weighted by Crippen LogP contribution is 2.18. The Hall–Kier alpha value is -1.43. The standard InChI is InChI=1S/C10H17N3O3/c1-10(2,3)13-7(5-6-16-4)8(9(14)15)11-12-13/h5-6H2,1-4H3,(H,14,15). The van der Waals surface area contributed by atoms with Crippen molar-refractivity contribution >= 4 is 5.97 Å². The summed E-state index contributed by atoms with van der Waals surface area (Å²) in [7, 11) is 1.58. The first-order valence-corrected chi connectivity index (χ1v) is 5.05. The number of carboxylic acids is 1. The van der Waals surface area contributed by atoms with E-state index >= 15 is 0 Å². The summed E-state index contributed by atoms with van der Waals surface area (Å²) < 4.78 is 6.59. The van der Waals surface area contributed by atoms with Crippen LogP contribution in [0.15, 0.2) is 0 Å². The van der Waals surface area contributed by atoms with Crippen molar-refractivity contribution in [1.29, 1.82) is 0 Å². The van der Waals surface area contributed by atoms with Crippen molar-refractivity contribution in [3.05, 3.63) is 11.4 Å². The third-order valence-corrected chi connectivity index (χ3v) is 2.14. The second-order valence-corrected chi connectivity index (χ2v) is 4.52. The average molecular weight is 227 g/mol. The van der Waals surface area contributed by atoms with E-state index in [-0.39, 0.29) is 11.2 Å². The first-order valence-electron chi connectivity index (χ1n) is 5.05. The van der Waals surface area contributed by atoms with Crippen molar-refractivity contribution in [3.8, 4) is 0 Å². The first kappa shape index (κ1) is 12.6. The maximum absolute atomic E-state index is 11.0. The molecule has 0 atom stereocenters. The van der Waals surface area contributed by atoms with E-state index in [0.717, 1.165) is 0 Å². The fourth-order valence-electron chi connectivity index (χ4n) is 1.43. The minimum Gasteiger partial charge on any atom is -0.476 e. The highest BCUT2D eigenvalue weighted by atomic mass is 16.5. The zero-order valence-electron chi connectivity index (χ0n) is 10.0. The van der Waals surface area contributed by atoms with Gasteiger partial charge in [0.25, 0.3) is 0 Å². The molecule has 90 valence electrons. The predicted molar refractivity (Wildman–Crippen MR) is 57.6 cm³/mol. The van der Waals surface area contributed by atoms with Crippen molar-refractivity contribution in [2.75, 3.05) is 13.7 Å². The van der Waals surface area contributed by atoms with Crippen molar-refractivity contribution in [2.24, 2.45) is 0 Å². The summed E-state index contributed by atoms with van der Waals surface area (Å²) in [4.78, 5) is 11.0. The lowest BCUT2D eigenvalue weighted by molar-refractivity contribution is 0.0688. The molecule has 1 aromatic heterocycles. The van der Waals surface area contributed by atoms with E-state index in [9.17, 15) is 4.79 Å². The molecule has 0 saturated heterocycles. The predicted octanol–water partition coefficient (Wildman–Crippen LogP) is 0.920. The van der Waals surface area contributed by atoms with Crippen LogP contribution in [0.25, 0.3) is 0 Å². The number of carbonyl (C=O) groups is 1. The molecule has 0 aliphatic carbocycles. The first-order chi connectivity index (χ1) is 7.38. The summed E-state index contributed by atoms with van der Waals surface area (Å²) in [6.07, 6.45) is 0.488. The van der Waals surface area contributed by atoms with E-state index in [1.165, 1.54) is 0 Å². The van der Waals surface area contributed by atoms with Crippen LogP contribution in [-0.2, 0) is 16.7 Å². The van der Waals surface area contributed by atoms with Crippen LogP contribution >= 0.6 is 0 Å². The normalized spacial score (nSPS) is 11.8. The van der Waals surface area contributed by atoms with Crippen LogP contribution < -0.4 is 0 Å². The van der Waals surface area contributed by atoms with Gasteiger partial charge >= 0.3 is 5.97 Å². The van der Waals surface area contributed by atoms with Crippen LogP contribution in [0.2, 0.25) is 0 Å². The molecular formula is C10H17N3O3. The van der Waals surface area contributed by atoms with Gasteiger partial charge < -0.3 is 9.84 Å². The molecule has 0 saturated carbocycles. The highest BCUT2D eigenvalue weighted by molar-refractivity contribution is 5.86. The van der Waals surface area contributed by atoms with Crippen molar-refractivity contribution < 1.29 is 14.6 Å². The van der Waals surface area contributed by atoms with Crippen LogP contribution in [0.1, 0.15) is 37.0 Å². The van der Waals surface area contributed by atoms with Gasteiger partial charge in [0.05, 0.1) is 17.8 Å². The second kappa shape index (κ2) is 4.61. The average Bonchev–Trinajstić information content (AvgIpc) is 2.57. The van der Waals surface area contributed by atoms with Crippen LogP contribution in [0.3, 0.4) is 0 Å². The number of ether oxygens (including phenoxy) is 1. The largest absolute Gasteiger partial charge is 0.476 e. The molecule has 0 aliphatic rings. The maximum atomic E-state index is 11.0. The Morgan fingerprint density at radius 3 is 2.56 bits per heavy atom. The van der Waals surface area contributed by atoms with E-state index in [1.807, 2.05) is 20.8 Å². The lowest BCUT2D eigenvalue weighted by atomic mass is 10.1. The molecule has 16 heavy (non-hydrogen) atoms. The smallest absolute Gasteiger partial charge is 0.358 e. The van der Waals surface area contributed by atoms with Gasteiger partial charge in [0.15, 0.2) is 5.69 Å². The summed E-state index contributed by atoms with van der Waals surface area (Å²) >= 11 is 0. The van der Waals surface area contributed by atoms with Gasteiger partial charge in [-0.05, 0) is 20.8 Å². The fraction of sp³-hybridized carbons (Fsp3) is 0.700. The third kappa shape index (κ3) is 2.57. The number of methoxy groups -OCH3 is 1. The molecule has 6 nitrogen and oxygen atoms in total. The van der Waals surface area contributed by atoms with Crippen molar-refractivity contribution in [2.45, 2.75) is 32.7 Å². The van der Waals surface area contributed by atoms with Gasteiger partial charge in [-0.3, -0.25) is 0 Å². The molecule has 0 amide bonds. The summed E-state index contributed by atoms with van der Waals surface area (Å²) in [5, 5.41) is 16.6. The highest BCUT2D eigenvalue weighted by Gasteiger charge is 2.25. The Balaban J connectivity index is 3.14. The van der Waals surface area contributed by atoms with Gasteiger partial charge in [-0.25, -0.2) is 9.48 Å². The zero-order valence-corrected chi connectivity index (χ0v) is 10.0. The van der Waals surface area contributed by atoms with Crippen LogP contribution in [0.4, 0.5) is 0 Å². The molecule has 1 N–H and O–H groups in total. The Morgan fingerprint density at radius 2 is 2.12 bits per heavy atom. The number of carboxylic acid groups (broad SMARTS) is 1. The van der Waals surface area contributed by atoms with E-state index in [4.69, 9.17) is 9.84 Å². The molecular weight excluding hydrogens is 210 g/mol. The number of hydrogen-bond donors (Lipinski definition) is 1. The number of aromatic nitrogens is 3. The Labute approximate surface area is 94.2 Å². The molecule has 0 aromatic carbocycles. The minimum atomic E-state index is -1.05. The minimum absolute atomic E-state index is 0.00646. The number of aromatic carboxylic acids is 1. The molecule has 0 radical (unpaired) electrons. The van der Waals surface area contributed by atoms with Crippen LogP contribution in [0, 0.1) is 0 Å². The quantitative estimate of drug-likeness (QED) is 0.827. The second-order valence-electron chi connectivity index (χ2n) is 4.52. The van der Waals surface area contributed by atoms with Gasteiger partial charge in [-0.2, -0.15) is 0 Å². The SMILES string of the molecule is COCCc1c(C(=O)O)nnn1C(C)(C)C. The van der Waals surface area contributed by atoms with E-state index in [0.29, 0.717) is 18.7 Å². The molecule has 1 heterocycles. The lowest BCUT2D eigenvalue weighted by Gasteiger charge is -2.21. The molecule has 0 unspecified atom stereocenters. The third-order valence-electron chi connectivity index (χ3n) is 2.14. The molecule has 1 aromatic rings. The molecule has 0 aliphatic heterocycles. The number of rotatable bonds is 4. The van der Waals surface area contributed by atoms with Crippen LogP contribution in [-0.4, -0.2) is 39.8 Å². The van der Waals surface area contributed by atoms with Gasteiger partial charge in [0.2, 0.25) is 0 Å². The van der Waals surface area contributed by atoms with E-state index in [1.54, 1.807) is 11.8 Å². The molecule has 0 fully saturated rings. The monoisotopic (exact) mass is 227 g/mol. The van der Waals surface area contributed by atoms with Gasteiger partial charge in [-0.15, -0.1) is 5.10 Å². The molecule has 0 bridgehead atoms. The number of hydrogen-bond acceptors (Lipinski definition) is 4. The molecule has 0 spiro atoms. The lowest BCUT2D eigenvalue weighted by Crippen LogP contribution is -2.26. The summed E-state index contributed by atoms with van der Waals surface area (Å²) in [6, 6.07) is 0. The van der Waals surface area contributed by atoms with Crippen molar-refractivity contribution in [3.63, 3.8) is 0 Å². The van der Waals surface area contributed by atoms with Crippen molar-refractivity contribution in [1.82, 2.24) is 15.0 Å². The van der Waals surface area contributed by atoms with Crippen LogP contribution in [0.5, 0.6) is 0 Å². The summed E-state index contributed by atoms with van der Waals surface area (Å²) in [6.45, 7) is 6.29. The Kier molecular flexibility index (Phi) is 3.64. The van der Waals surface area contributed by atoms with E-state index < -0.39 is 5.97 Å². The zero-order chi connectivity index (χ0) is 12.3. The van der Waals surface area contributed by atoms with Gasteiger partial charge in [-0.1, -0.05) is 5.21 Å². The molecule has 6 heteroatoms. The summed E-state index contributed by atoms with van der Waals surface area (Å²) in [5.74, 6) is -1.05. The Bertz CT molecular complexity index is 379. The molecule has 1 rings (SSSR count). The maximum Gasteiger partial charge on any atom is 0.358 e. The van der Waals surface area contributed by atoms with Gasteiger partial charge in [0.1, 0.15) is 0 Å². The number of nitrogens with zero attached hydrogens (tertiary/aromatic N) is 3. The van der Waals surface area contributed by atoms with E-state index in [2.05, 4.69) is 10.3 Å². The fourth-order valence-corrected chi connectivity index (χ4v) is 1.43. The van der Waals surface area contributed by atoms with Gasteiger partial charge in [0, 0.05) is 13.5 Å². The summed E-state index contributed by atoms with van der Waals surface area (Å²) in [5.41, 5.74) is 0.317.